The molecule has 0 saturated carbocycles. The van der Waals surface area contributed by atoms with Crippen LogP contribution in [0.2, 0.25) is 0 Å². The molecule has 1 fully saturated rings. The summed E-state index contributed by atoms with van der Waals surface area (Å²) in [5, 5.41) is 5.39. The van der Waals surface area contributed by atoms with Crippen LogP contribution in [0.5, 0.6) is 0 Å². The van der Waals surface area contributed by atoms with Crippen LogP contribution in [0.4, 0.5) is 0 Å². The largest absolute Gasteiger partial charge is 0.374 e. The Labute approximate surface area is 108 Å². The van der Waals surface area contributed by atoms with Gasteiger partial charge in [-0.05, 0) is 32.3 Å². The van der Waals surface area contributed by atoms with Crippen molar-refractivity contribution in [2.45, 2.75) is 32.0 Å². The molecule has 1 aliphatic rings. The quantitative estimate of drug-likeness (QED) is 0.891. The Kier molecular flexibility index (Phi) is 4.56. The minimum absolute atomic E-state index is 0.259. The van der Waals surface area contributed by atoms with Crippen molar-refractivity contribution in [3.8, 4) is 0 Å². The monoisotopic (exact) mass is 254 g/mol. The Hall–Kier alpha value is -0.420. The van der Waals surface area contributed by atoms with Crippen molar-refractivity contribution in [2.24, 2.45) is 0 Å². The third-order valence-corrected chi connectivity index (χ3v) is 4.24. The summed E-state index contributed by atoms with van der Waals surface area (Å²) in [7, 11) is 1.99. The van der Waals surface area contributed by atoms with E-state index >= 15 is 0 Å². The van der Waals surface area contributed by atoms with Crippen molar-refractivity contribution in [3.05, 3.63) is 22.4 Å². The maximum atomic E-state index is 5.94. The van der Waals surface area contributed by atoms with Gasteiger partial charge in [0.05, 0.1) is 18.8 Å². The Morgan fingerprint density at radius 2 is 2.41 bits per heavy atom. The van der Waals surface area contributed by atoms with Gasteiger partial charge in [-0.3, -0.25) is 4.90 Å². The van der Waals surface area contributed by atoms with E-state index in [2.05, 4.69) is 41.6 Å². The summed E-state index contributed by atoms with van der Waals surface area (Å²) >= 11 is 1.83. The Bertz CT molecular complexity index is 324. The van der Waals surface area contributed by atoms with Crippen molar-refractivity contribution in [1.29, 1.82) is 0 Å². The highest BCUT2D eigenvalue weighted by molar-refractivity contribution is 7.10. The zero-order valence-electron chi connectivity index (χ0n) is 10.8. The van der Waals surface area contributed by atoms with Crippen molar-refractivity contribution in [3.63, 3.8) is 0 Å². The number of hydrogen-bond acceptors (Lipinski definition) is 4. The molecule has 2 atom stereocenters. The molecule has 1 aliphatic heterocycles. The fourth-order valence-corrected chi connectivity index (χ4v) is 3.41. The summed E-state index contributed by atoms with van der Waals surface area (Å²) in [4.78, 5) is 3.97. The average molecular weight is 254 g/mol. The van der Waals surface area contributed by atoms with E-state index in [1.165, 1.54) is 4.88 Å². The molecule has 0 radical (unpaired) electrons. The number of hydrogen-bond donors (Lipinski definition) is 1. The molecule has 3 nitrogen and oxygen atoms in total. The topological polar surface area (TPSA) is 24.5 Å². The van der Waals surface area contributed by atoms with E-state index in [0.29, 0.717) is 12.1 Å². The first kappa shape index (κ1) is 13.0. The van der Waals surface area contributed by atoms with Crippen LogP contribution < -0.4 is 5.32 Å². The van der Waals surface area contributed by atoms with Gasteiger partial charge in [0.15, 0.2) is 0 Å². The molecule has 1 aromatic heterocycles. The van der Waals surface area contributed by atoms with Crippen molar-refractivity contribution < 1.29 is 4.74 Å². The number of morpholine rings is 1. The Morgan fingerprint density at radius 3 is 3.00 bits per heavy atom. The highest BCUT2D eigenvalue weighted by Gasteiger charge is 2.34. The number of rotatable bonds is 4. The lowest BCUT2D eigenvalue weighted by molar-refractivity contribution is -0.0803. The van der Waals surface area contributed by atoms with Crippen LogP contribution in [0, 0.1) is 0 Å². The fraction of sp³-hybridized carbons (Fsp3) is 0.692. The van der Waals surface area contributed by atoms with Gasteiger partial charge in [0.2, 0.25) is 0 Å². The van der Waals surface area contributed by atoms with Gasteiger partial charge in [0.1, 0.15) is 0 Å². The lowest BCUT2D eigenvalue weighted by Crippen LogP contribution is -2.50. The summed E-state index contributed by atoms with van der Waals surface area (Å²) < 4.78 is 5.94. The predicted molar refractivity (Wildman–Crippen MR) is 72.6 cm³/mol. The molecule has 1 saturated heterocycles. The number of nitrogens with one attached hydrogen (secondary N) is 1. The first-order chi connectivity index (χ1) is 8.24. The summed E-state index contributed by atoms with van der Waals surface area (Å²) in [6.45, 7) is 7.31. The normalized spacial score (nSPS) is 26.6. The molecular weight excluding hydrogens is 232 g/mol. The molecule has 4 heteroatoms. The molecule has 0 spiro atoms. The summed E-state index contributed by atoms with van der Waals surface area (Å²) in [5.74, 6) is 0. The van der Waals surface area contributed by atoms with E-state index in [4.69, 9.17) is 4.74 Å². The van der Waals surface area contributed by atoms with E-state index in [0.717, 1.165) is 19.7 Å². The maximum absolute atomic E-state index is 5.94. The standard InChI is InChI=1S/C13H22N2OS/c1-10(2)15-6-7-16-11(9-14-3)13(15)12-5-4-8-17-12/h4-5,8,10-11,13-14H,6-7,9H2,1-3H3. The SMILES string of the molecule is CNCC1OCCN(C(C)C)C1c1cccs1. The van der Waals surface area contributed by atoms with Crippen LogP contribution in [0.25, 0.3) is 0 Å². The molecule has 0 bridgehead atoms. The first-order valence-corrected chi connectivity index (χ1v) is 7.17. The van der Waals surface area contributed by atoms with Crippen LogP contribution in [-0.4, -0.2) is 43.8 Å². The Balaban J connectivity index is 2.22. The van der Waals surface area contributed by atoms with E-state index in [-0.39, 0.29) is 6.10 Å². The van der Waals surface area contributed by atoms with Crippen LogP contribution in [0.15, 0.2) is 17.5 Å². The molecule has 0 aromatic carbocycles. The van der Waals surface area contributed by atoms with E-state index in [1.54, 1.807) is 0 Å². The molecule has 96 valence electrons. The first-order valence-electron chi connectivity index (χ1n) is 6.29. The second kappa shape index (κ2) is 5.96. The van der Waals surface area contributed by atoms with Crippen LogP contribution >= 0.6 is 11.3 Å². The van der Waals surface area contributed by atoms with Gasteiger partial charge >= 0.3 is 0 Å². The fourth-order valence-electron chi connectivity index (χ4n) is 2.51. The predicted octanol–water partition coefficient (Wildman–Crippen LogP) is 2.12. The van der Waals surface area contributed by atoms with Gasteiger partial charge in [-0.15, -0.1) is 11.3 Å². The molecule has 1 aromatic rings. The van der Waals surface area contributed by atoms with Gasteiger partial charge in [-0.1, -0.05) is 6.07 Å². The number of thiophene rings is 1. The second-order valence-corrected chi connectivity index (χ2v) is 5.74. The third kappa shape index (κ3) is 2.88. The lowest BCUT2D eigenvalue weighted by atomic mass is 10.0. The third-order valence-electron chi connectivity index (χ3n) is 3.29. The lowest BCUT2D eigenvalue weighted by Gasteiger charge is -2.43. The van der Waals surface area contributed by atoms with E-state index in [1.807, 2.05) is 18.4 Å². The highest BCUT2D eigenvalue weighted by Crippen LogP contribution is 2.33. The van der Waals surface area contributed by atoms with Gasteiger partial charge in [-0.25, -0.2) is 0 Å². The van der Waals surface area contributed by atoms with Crippen LogP contribution in [0.3, 0.4) is 0 Å². The number of likely N-dealkylation sites (N-methyl/N-ethyl adjacent to an activating group) is 1. The minimum Gasteiger partial charge on any atom is -0.374 e. The molecule has 2 heterocycles. The van der Waals surface area contributed by atoms with Gasteiger partial charge in [0, 0.05) is 24.0 Å². The van der Waals surface area contributed by atoms with Crippen LogP contribution in [0.1, 0.15) is 24.8 Å². The molecule has 17 heavy (non-hydrogen) atoms. The molecular formula is C13H22N2OS. The van der Waals surface area contributed by atoms with Gasteiger partial charge in [0.25, 0.3) is 0 Å². The van der Waals surface area contributed by atoms with Gasteiger partial charge < -0.3 is 10.1 Å². The zero-order chi connectivity index (χ0) is 12.3. The summed E-state index contributed by atoms with van der Waals surface area (Å²) in [6, 6.07) is 5.31. The van der Waals surface area contributed by atoms with E-state index in [9.17, 15) is 0 Å². The molecule has 2 rings (SSSR count). The maximum Gasteiger partial charge on any atom is 0.0904 e. The van der Waals surface area contributed by atoms with Crippen molar-refractivity contribution in [2.75, 3.05) is 26.7 Å². The molecule has 0 aliphatic carbocycles. The summed E-state index contributed by atoms with van der Waals surface area (Å²) in [5.41, 5.74) is 0. The smallest absolute Gasteiger partial charge is 0.0904 e. The molecule has 1 N–H and O–H groups in total. The Morgan fingerprint density at radius 1 is 1.59 bits per heavy atom. The summed E-state index contributed by atoms with van der Waals surface area (Å²) in [6.07, 6.45) is 0.259. The second-order valence-electron chi connectivity index (χ2n) is 4.76. The number of ether oxygens (including phenoxy) is 1. The van der Waals surface area contributed by atoms with E-state index < -0.39 is 0 Å². The number of nitrogens with zero attached hydrogens (tertiary/aromatic N) is 1. The van der Waals surface area contributed by atoms with Crippen molar-refractivity contribution in [1.82, 2.24) is 10.2 Å². The van der Waals surface area contributed by atoms with Crippen LogP contribution in [-0.2, 0) is 4.74 Å². The zero-order valence-corrected chi connectivity index (χ0v) is 11.7. The highest BCUT2D eigenvalue weighted by atomic mass is 32.1. The molecule has 0 amide bonds. The average Bonchev–Trinajstić information content (AvgIpc) is 2.82. The van der Waals surface area contributed by atoms with Gasteiger partial charge in [-0.2, -0.15) is 0 Å². The minimum atomic E-state index is 0.259. The van der Waals surface area contributed by atoms with Crippen molar-refractivity contribution >= 4 is 11.3 Å². The molecule has 2 unspecified atom stereocenters.